The SMILES string of the molecule is NC(=O)CN(C1CCCC1)S(=O)(=O)c1cccc(O)c1. The van der Waals surface area contributed by atoms with Crippen molar-refractivity contribution in [2.45, 2.75) is 36.6 Å². The Bertz CT molecular complexity index is 594. The van der Waals surface area contributed by atoms with E-state index in [2.05, 4.69) is 0 Å². The summed E-state index contributed by atoms with van der Waals surface area (Å²) in [7, 11) is -3.83. The molecule has 0 bridgehead atoms. The number of phenols is 1. The summed E-state index contributed by atoms with van der Waals surface area (Å²) in [5.41, 5.74) is 5.17. The third-order valence-electron chi connectivity index (χ3n) is 3.47. The number of nitrogens with two attached hydrogens (primary N) is 1. The van der Waals surface area contributed by atoms with Crippen LogP contribution in [-0.2, 0) is 14.8 Å². The molecule has 1 aliphatic carbocycles. The van der Waals surface area contributed by atoms with E-state index in [-0.39, 0.29) is 23.2 Å². The lowest BCUT2D eigenvalue weighted by Gasteiger charge is -2.26. The van der Waals surface area contributed by atoms with Gasteiger partial charge in [-0.3, -0.25) is 4.79 Å². The van der Waals surface area contributed by atoms with Crippen molar-refractivity contribution in [3.8, 4) is 5.75 Å². The summed E-state index contributed by atoms with van der Waals surface area (Å²) in [5, 5.41) is 9.43. The number of carbonyl (C=O) groups is 1. The molecule has 1 saturated carbocycles. The lowest BCUT2D eigenvalue weighted by Crippen LogP contribution is -2.44. The molecule has 110 valence electrons. The highest BCUT2D eigenvalue weighted by Gasteiger charge is 2.34. The number of aromatic hydroxyl groups is 1. The van der Waals surface area contributed by atoms with Crippen LogP contribution in [0.15, 0.2) is 29.2 Å². The van der Waals surface area contributed by atoms with Crippen LogP contribution in [0.3, 0.4) is 0 Å². The molecule has 1 aromatic rings. The number of rotatable bonds is 5. The van der Waals surface area contributed by atoms with Gasteiger partial charge in [0.05, 0.1) is 11.4 Å². The lowest BCUT2D eigenvalue weighted by atomic mass is 10.2. The van der Waals surface area contributed by atoms with Gasteiger partial charge in [-0.2, -0.15) is 4.31 Å². The second-order valence-electron chi connectivity index (χ2n) is 4.95. The van der Waals surface area contributed by atoms with E-state index in [1.165, 1.54) is 24.3 Å². The molecule has 0 saturated heterocycles. The number of carbonyl (C=O) groups excluding carboxylic acids is 1. The first-order valence-electron chi connectivity index (χ1n) is 6.50. The number of primary amides is 1. The van der Waals surface area contributed by atoms with Crippen LogP contribution in [0.4, 0.5) is 0 Å². The van der Waals surface area contributed by atoms with Crippen molar-refractivity contribution < 1.29 is 18.3 Å². The average Bonchev–Trinajstić information content (AvgIpc) is 2.89. The minimum absolute atomic E-state index is 0.0225. The van der Waals surface area contributed by atoms with Gasteiger partial charge in [-0.15, -0.1) is 0 Å². The van der Waals surface area contributed by atoms with E-state index in [1.807, 2.05) is 0 Å². The Labute approximate surface area is 118 Å². The summed E-state index contributed by atoms with van der Waals surface area (Å²) >= 11 is 0. The van der Waals surface area contributed by atoms with Crippen LogP contribution in [0.1, 0.15) is 25.7 Å². The van der Waals surface area contributed by atoms with E-state index in [9.17, 15) is 18.3 Å². The Morgan fingerprint density at radius 1 is 1.35 bits per heavy atom. The van der Waals surface area contributed by atoms with E-state index in [4.69, 9.17) is 5.73 Å². The standard InChI is InChI=1S/C13H18N2O4S/c14-13(17)9-15(10-4-1-2-5-10)20(18,19)12-7-3-6-11(16)8-12/h3,6-8,10,16H,1-2,4-5,9H2,(H2,14,17). The van der Waals surface area contributed by atoms with E-state index >= 15 is 0 Å². The number of sulfonamides is 1. The molecule has 3 N–H and O–H groups in total. The van der Waals surface area contributed by atoms with Crippen molar-refractivity contribution in [1.29, 1.82) is 0 Å². The topological polar surface area (TPSA) is 101 Å². The van der Waals surface area contributed by atoms with Gasteiger partial charge in [-0.25, -0.2) is 8.42 Å². The summed E-state index contributed by atoms with van der Waals surface area (Å²) in [6.07, 6.45) is 3.33. The van der Waals surface area contributed by atoms with Crippen molar-refractivity contribution >= 4 is 15.9 Å². The van der Waals surface area contributed by atoms with Crippen LogP contribution in [0.2, 0.25) is 0 Å². The second kappa shape index (κ2) is 5.80. The molecule has 0 aromatic heterocycles. The van der Waals surface area contributed by atoms with Gasteiger partial charge in [0.15, 0.2) is 0 Å². The van der Waals surface area contributed by atoms with E-state index < -0.39 is 15.9 Å². The molecule has 1 aliphatic rings. The molecule has 2 rings (SSSR count). The van der Waals surface area contributed by atoms with Gasteiger partial charge in [0, 0.05) is 6.04 Å². The molecule has 0 aliphatic heterocycles. The predicted molar refractivity (Wildman–Crippen MR) is 73.4 cm³/mol. The molecule has 0 atom stereocenters. The Morgan fingerprint density at radius 3 is 2.55 bits per heavy atom. The molecular formula is C13H18N2O4S. The number of hydrogen-bond acceptors (Lipinski definition) is 4. The van der Waals surface area contributed by atoms with E-state index in [0.717, 1.165) is 30.0 Å². The van der Waals surface area contributed by atoms with Gasteiger partial charge in [0.2, 0.25) is 15.9 Å². The van der Waals surface area contributed by atoms with Crippen molar-refractivity contribution in [1.82, 2.24) is 4.31 Å². The van der Waals surface area contributed by atoms with Crippen molar-refractivity contribution in [2.75, 3.05) is 6.54 Å². The zero-order valence-corrected chi connectivity index (χ0v) is 11.8. The summed E-state index contributed by atoms with van der Waals surface area (Å²) in [6, 6.07) is 5.23. The van der Waals surface area contributed by atoms with Crippen LogP contribution in [-0.4, -0.2) is 36.3 Å². The van der Waals surface area contributed by atoms with Crippen molar-refractivity contribution in [3.63, 3.8) is 0 Å². The maximum atomic E-state index is 12.6. The Hall–Kier alpha value is -1.60. The largest absolute Gasteiger partial charge is 0.508 e. The first kappa shape index (κ1) is 14.8. The second-order valence-corrected chi connectivity index (χ2v) is 6.84. The van der Waals surface area contributed by atoms with E-state index in [0.29, 0.717) is 0 Å². The maximum absolute atomic E-state index is 12.6. The van der Waals surface area contributed by atoms with E-state index in [1.54, 1.807) is 0 Å². The number of hydrogen-bond donors (Lipinski definition) is 2. The first-order valence-corrected chi connectivity index (χ1v) is 7.94. The highest BCUT2D eigenvalue weighted by atomic mass is 32.2. The predicted octanol–water partition coefficient (Wildman–Crippen LogP) is 0.811. The highest BCUT2D eigenvalue weighted by Crippen LogP contribution is 2.29. The van der Waals surface area contributed by atoms with Gasteiger partial charge in [0.25, 0.3) is 0 Å². The summed E-state index contributed by atoms with van der Waals surface area (Å²) < 4.78 is 26.4. The zero-order chi connectivity index (χ0) is 14.8. The minimum Gasteiger partial charge on any atom is -0.508 e. The molecule has 6 nitrogen and oxygen atoms in total. The average molecular weight is 298 g/mol. The molecule has 0 unspecified atom stereocenters. The highest BCUT2D eigenvalue weighted by molar-refractivity contribution is 7.89. The summed E-state index contributed by atoms with van der Waals surface area (Å²) in [6.45, 7) is -0.331. The Balaban J connectivity index is 2.37. The zero-order valence-electron chi connectivity index (χ0n) is 11.0. The molecule has 20 heavy (non-hydrogen) atoms. The molecule has 0 heterocycles. The first-order chi connectivity index (χ1) is 9.41. The molecule has 1 amide bonds. The number of phenolic OH excluding ortho intramolecular Hbond substituents is 1. The number of nitrogens with zero attached hydrogens (tertiary/aromatic N) is 1. The van der Waals surface area contributed by atoms with Crippen LogP contribution in [0.25, 0.3) is 0 Å². The van der Waals surface area contributed by atoms with Crippen LogP contribution < -0.4 is 5.73 Å². The van der Waals surface area contributed by atoms with Crippen LogP contribution in [0.5, 0.6) is 5.75 Å². The van der Waals surface area contributed by atoms with Crippen molar-refractivity contribution in [3.05, 3.63) is 24.3 Å². The molecule has 7 heteroatoms. The number of benzene rings is 1. The maximum Gasteiger partial charge on any atom is 0.243 e. The fourth-order valence-electron chi connectivity index (χ4n) is 2.54. The fourth-order valence-corrected chi connectivity index (χ4v) is 4.23. The lowest BCUT2D eigenvalue weighted by molar-refractivity contribution is -0.118. The van der Waals surface area contributed by atoms with Gasteiger partial charge < -0.3 is 10.8 Å². The quantitative estimate of drug-likeness (QED) is 0.840. The summed E-state index contributed by atoms with van der Waals surface area (Å²) in [4.78, 5) is 11.2. The summed E-state index contributed by atoms with van der Waals surface area (Å²) in [5.74, 6) is -0.808. The monoisotopic (exact) mass is 298 g/mol. The Kier molecular flexibility index (Phi) is 4.29. The molecule has 1 fully saturated rings. The molecular weight excluding hydrogens is 280 g/mol. The molecule has 1 aromatic carbocycles. The third kappa shape index (κ3) is 3.10. The van der Waals surface area contributed by atoms with Gasteiger partial charge in [-0.1, -0.05) is 18.9 Å². The fraction of sp³-hybridized carbons (Fsp3) is 0.462. The number of amides is 1. The molecule has 0 spiro atoms. The van der Waals surface area contributed by atoms with Crippen LogP contribution in [0, 0.1) is 0 Å². The normalized spacial score (nSPS) is 16.6. The van der Waals surface area contributed by atoms with Gasteiger partial charge in [-0.05, 0) is 31.0 Å². The van der Waals surface area contributed by atoms with Crippen molar-refractivity contribution in [2.24, 2.45) is 5.73 Å². The minimum atomic E-state index is -3.83. The Morgan fingerprint density at radius 2 is 2.00 bits per heavy atom. The van der Waals surface area contributed by atoms with Crippen LogP contribution >= 0.6 is 0 Å². The smallest absolute Gasteiger partial charge is 0.243 e. The third-order valence-corrected chi connectivity index (χ3v) is 5.36. The molecule has 0 radical (unpaired) electrons. The van der Waals surface area contributed by atoms with Gasteiger partial charge in [0.1, 0.15) is 5.75 Å². The van der Waals surface area contributed by atoms with Gasteiger partial charge >= 0.3 is 0 Å².